The highest BCUT2D eigenvalue weighted by Crippen LogP contribution is 2.37. The lowest BCUT2D eigenvalue weighted by molar-refractivity contribution is -0.143. The van der Waals surface area contributed by atoms with Crippen LogP contribution in [0.25, 0.3) is 11.0 Å². The van der Waals surface area contributed by atoms with Crippen molar-refractivity contribution < 1.29 is 28.2 Å². The van der Waals surface area contributed by atoms with Gasteiger partial charge in [0, 0.05) is 30.3 Å². The largest absolute Gasteiger partial charge is 0.467 e. The summed E-state index contributed by atoms with van der Waals surface area (Å²) in [7, 11) is -0.777. The van der Waals surface area contributed by atoms with Gasteiger partial charge in [-0.05, 0) is 76.0 Å². The number of nitrogens with one attached hydrogen (secondary N) is 1. The SMILES string of the molecule is COC(=O)[C@H](CCOC[C@H](CCc1ccc2cccnc2n1)O[Si](C)(C)C(C)(C)C)NC(=O)OC(C)(C)C. The Morgan fingerprint density at radius 2 is 1.76 bits per heavy atom. The maximum atomic E-state index is 12.2. The average molecular weight is 548 g/mol. The van der Waals surface area contributed by atoms with Gasteiger partial charge in [-0.25, -0.2) is 19.6 Å². The quantitative estimate of drug-likeness (QED) is 0.213. The molecule has 9 nitrogen and oxygen atoms in total. The molecule has 0 aromatic carbocycles. The van der Waals surface area contributed by atoms with Gasteiger partial charge >= 0.3 is 12.1 Å². The van der Waals surface area contributed by atoms with Crippen LogP contribution in [0.5, 0.6) is 0 Å². The number of aryl methyl sites for hydroxylation is 1. The number of hydrogen-bond acceptors (Lipinski definition) is 8. The number of ether oxygens (including phenoxy) is 3. The summed E-state index contributed by atoms with van der Waals surface area (Å²) < 4.78 is 22.8. The van der Waals surface area contributed by atoms with E-state index in [0.717, 1.165) is 29.6 Å². The van der Waals surface area contributed by atoms with Crippen molar-refractivity contribution in [2.24, 2.45) is 0 Å². The molecular weight excluding hydrogens is 502 g/mol. The van der Waals surface area contributed by atoms with E-state index in [1.54, 1.807) is 27.0 Å². The Bertz CT molecular complexity index is 1060. The van der Waals surface area contributed by atoms with Crippen molar-refractivity contribution in [3.63, 3.8) is 0 Å². The van der Waals surface area contributed by atoms with E-state index in [4.69, 9.17) is 23.6 Å². The lowest BCUT2D eigenvalue weighted by atomic mass is 10.1. The molecule has 0 fully saturated rings. The zero-order valence-electron chi connectivity index (χ0n) is 24.4. The molecule has 212 valence electrons. The Balaban J connectivity index is 2.01. The number of methoxy groups -OCH3 is 1. The van der Waals surface area contributed by atoms with Crippen molar-refractivity contribution in [1.82, 2.24) is 15.3 Å². The predicted molar refractivity (Wildman–Crippen MR) is 151 cm³/mol. The molecule has 2 heterocycles. The number of carbonyl (C=O) groups is 2. The Kier molecular flexibility index (Phi) is 11.2. The molecular formula is C28H45N3O6Si. The maximum absolute atomic E-state index is 12.2. The van der Waals surface area contributed by atoms with Gasteiger partial charge in [-0.2, -0.15) is 0 Å². The van der Waals surface area contributed by atoms with E-state index in [0.29, 0.717) is 6.61 Å². The van der Waals surface area contributed by atoms with Crippen LogP contribution in [0, 0.1) is 0 Å². The van der Waals surface area contributed by atoms with E-state index in [2.05, 4.69) is 44.2 Å². The van der Waals surface area contributed by atoms with Crippen LogP contribution in [0.2, 0.25) is 18.1 Å². The number of hydrogen-bond donors (Lipinski definition) is 1. The fourth-order valence-corrected chi connectivity index (χ4v) is 4.84. The van der Waals surface area contributed by atoms with Crippen LogP contribution in [0.15, 0.2) is 30.5 Å². The fraction of sp³-hybridized carbons (Fsp3) is 0.643. The molecule has 0 spiro atoms. The topological polar surface area (TPSA) is 109 Å². The Morgan fingerprint density at radius 3 is 2.39 bits per heavy atom. The van der Waals surface area contributed by atoms with Crippen molar-refractivity contribution in [2.75, 3.05) is 20.3 Å². The molecule has 0 saturated heterocycles. The van der Waals surface area contributed by atoms with E-state index >= 15 is 0 Å². The van der Waals surface area contributed by atoms with E-state index < -0.39 is 32.0 Å². The summed E-state index contributed by atoms with van der Waals surface area (Å²) in [5.41, 5.74) is 1.01. The highest BCUT2D eigenvalue weighted by atomic mass is 28.4. The lowest BCUT2D eigenvalue weighted by Crippen LogP contribution is -2.46. The van der Waals surface area contributed by atoms with Crippen molar-refractivity contribution in [3.8, 4) is 0 Å². The minimum Gasteiger partial charge on any atom is -0.467 e. The Hall–Kier alpha value is -2.56. The number of carbonyl (C=O) groups excluding carboxylic acids is 2. The van der Waals surface area contributed by atoms with Crippen LogP contribution >= 0.6 is 0 Å². The van der Waals surface area contributed by atoms with Crippen LogP contribution in [0.1, 0.15) is 60.1 Å². The van der Waals surface area contributed by atoms with Crippen molar-refractivity contribution in [2.45, 2.75) is 96.7 Å². The first kappa shape index (κ1) is 31.7. The lowest BCUT2D eigenvalue weighted by Gasteiger charge is -2.39. The number of amides is 1. The molecule has 2 atom stereocenters. The van der Waals surface area contributed by atoms with Crippen molar-refractivity contribution >= 4 is 31.4 Å². The number of aromatic nitrogens is 2. The van der Waals surface area contributed by atoms with Gasteiger partial charge in [-0.3, -0.25) is 0 Å². The molecule has 2 aromatic rings. The van der Waals surface area contributed by atoms with Gasteiger partial charge in [0.2, 0.25) is 0 Å². The van der Waals surface area contributed by atoms with Gasteiger partial charge in [0.05, 0.1) is 19.8 Å². The van der Waals surface area contributed by atoms with Crippen LogP contribution in [0.4, 0.5) is 4.79 Å². The summed E-state index contributed by atoms with van der Waals surface area (Å²) >= 11 is 0. The molecule has 1 amide bonds. The smallest absolute Gasteiger partial charge is 0.408 e. The molecule has 0 aliphatic carbocycles. The van der Waals surface area contributed by atoms with Crippen LogP contribution in [-0.2, 0) is 29.9 Å². The minimum atomic E-state index is -2.06. The number of nitrogens with zero attached hydrogens (tertiary/aromatic N) is 2. The first-order valence-corrected chi connectivity index (χ1v) is 16.1. The summed E-state index contributed by atoms with van der Waals surface area (Å²) in [5.74, 6) is -0.551. The molecule has 0 aliphatic rings. The van der Waals surface area contributed by atoms with Gasteiger partial charge in [0.1, 0.15) is 11.6 Å². The van der Waals surface area contributed by atoms with E-state index in [1.807, 2.05) is 24.3 Å². The standard InChI is InChI=1S/C28H45N3O6Si/c1-27(2,3)36-26(33)31-23(25(32)34-7)16-18-35-19-22(37-38(8,9)28(4,5)6)15-14-21-13-12-20-11-10-17-29-24(20)30-21/h10-13,17,22-23H,14-16,18-19H2,1-9H3,(H,31,33)/t22-,23-/m0/s1. The second kappa shape index (κ2) is 13.5. The zero-order chi connectivity index (χ0) is 28.6. The third-order valence-electron chi connectivity index (χ3n) is 6.54. The van der Waals surface area contributed by atoms with Gasteiger partial charge in [0.15, 0.2) is 14.0 Å². The summed E-state index contributed by atoms with van der Waals surface area (Å²) in [4.78, 5) is 33.4. The average Bonchev–Trinajstić information content (AvgIpc) is 2.81. The first-order chi connectivity index (χ1) is 17.6. The molecule has 1 N–H and O–H groups in total. The summed E-state index contributed by atoms with van der Waals surface area (Å²) in [6, 6.07) is 7.09. The second-order valence-corrected chi connectivity index (χ2v) is 16.7. The predicted octanol–water partition coefficient (Wildman–Crippen LogP) is 5.43. The molecule has 0 radical (unpaired) electrons. The van der Waals surface area contributed by atoms with Gasteiger partial charge in [-0.15, -0.1) is 0 Å². The highest BCUT2D eigenvalue weighted by molar-refractivity contribution is 6.74. The molecule has 0 saturated carbocycles. The van der Waals surface area contributed by atoms with Gasteiger partial charge in [0.25, 0.3) is 0 Å². The van der Waals surface area contributed by atoms with Crippen LogP contribution in [0.3, 0.4) is 0 Å². The zero-order valence-corrected chi connectivity index (χ0v) is 25.4. The van der Waals surface area contributed by atoms with E-state index in [1.165, 1.54) is 7.11 Å². The summed E-state index contributed by atoms with van der Waals surface area (Å²) in [6.45, 7) is 16.9. The number of fused-ring (bicyclic) bond motifs is 1. The number of pyridine rings is 2. The van der Waals surface area contributed by atoms with E-state index in [9.17, 15) is 9.59 Å². The monoisotopic (exact) mass is 547 g/mol. The molecule has 0 bridgehead atoms. The minimum absolute atomic E-state index is 0.0453. The van der Waals surface area contributed by atoms with Crippen molar-refractivity contribution in [1.29, 1.82) is 0 Å². The van der Waals surface area contributed by atoms with Crippen molar-refractivity contribution in [3.05, 3.63) is 36.2 Å². The van der Waals surface area contributed by atoms with Gasteiger partial charge in [-0.1, -0.05) is 20.8 Å². The maximum Gasteiger partial charge on any atom is 0.408 e. The van der Waals surface area contributed by atoms with Gasteiger partial charge < -0.3 is 24.0 Å². The Labute approximate surface area is 228 Å². The third kappa shape index (κ3) is 10.3. The normalized spacial score (nSPS) is 14.1. The number of rotatable bonds is 12. The molecule has 2 rings (SSSR count). The molecule has 38 heavy (non-hydrogen) atoms. The number of alkyl carbamates (subject to hydrolysis) is 1. The fourth-order valence-electron chi connectivity index (χ4n) is 3.47. The first-order valence-electron chi connectivity index (χ1n) is 13.1. The number of esters is 1. The van der Waals surface area contributed by atoms with E-state index in [-0.39, 0.29) is 24.2 Å². The molecule has 0 unspecified atom stereocenters. The molecule has 2 aromatic heterocycles. The molecule has 10 heteroatoms. The second-order valence-electron chi connectivity index (χ2n) is 12.0. The highest BCUT2D eigenvalue weighted by Gasteiger charge is 2.39. The van der Waals surface area contributed by atoms with Crippen LogP contribution in [-0.4, -0.2) is 68.4 Å². The molecule has 0 aliphatic heterocycles. The summed E-state index contributed by atoms with van der Waals surface area (Å²) in [6.07, 6.45) is 2.62. The third-order valence-corrected chi connectivity index (χ3v) is 11.1. The summed E-state index contributed by atoms with van der Waals surface area (Å²) in [5, 5.41) is 3.63. The van der Waals surface area contributed by atoms with Crippen LogP contribution < -0.4 is 5.32 Å². The Morgan fingerprint density at radius 1 is 1.05 bits per heavy atom.